The van der Waals surface area contributed by atoms with Crippen LogP contribution in [0.4, 0.5) is 0 Å². The topological polar surface area (TPSA) is 69.7 Å². The van der Waals surface area contributed by atoms with Gasteiger partial charge in [-0.25, -0.2) is 9.59 Å². The van der Waals surface area contributed by atoms with E-state index in [9.17, 15) is 14.4 Å². The molecular weight excluding hydrogens is 344 g/mol. The average molecular weight is 361 g/mol. The van der Waals surface area contributed by atoms with Crippen molar-refractivity contribution in [3.05, 3.63) is 70.7 Å². The summed E-state index contributed by atoms with van der Waals surface area (Å²) < 4.78 is 10.1. The van der Waals surface area contributed by atoms with Crippen LogP contribution in [-0.4, -0.2) is 17.9 Å². The average Bonchev–Trinajstić information content (AvgIpc) is 2.60. The van der Waals surface area contributed by atoms with Crippen molar-refractivity contribution >= 4 is 29.5 Å². The minimum Gasteiger partial charge on any atom is -0.442 e. The molecule has 0 N–H and O–H groups in total. The van der Waals surface area contributed by atoms with E-state index in [1.165, 1.54) is 6.07 Å². The Morgan fingerprint density at radius 2 is 1.64 bits per heavy atom. The fourth-order valence-electron chi connectivity index (χ4n) is 2.10. The van der Waals surface area contributed by atoms with Gasteiger partial charge in [0.1, 0.15) is 0 Å². The highest BCUT2D eigenvalue weighted by molar-refractivity contribution is 6.33. The van der Waals surface area contributed by atoms with E-state index < -0.39 is 24.0 Å². The third kappa shape index (κ3) is 5.16. The molecule has 0 saturated heterocycles. The van der Waals surface area contributed by atoms with E-state index in [2.05, 4.69) is 0 Å². The smallest absolute Gasteiger partial charge is 0.359 e. The Balaban J connectivity index is 2.23. The van der Waals surface area contributed by atoms with Gasteiger partial charge in [-0.05, 0) is 18.6 Å². The number of carbonyl (C=O) groups is 3. The van der Waals surface area contributed by atoms with E-state index in [1.54, 1.807) is 55.5 Å². The highest BCUT2D eigenvalue weighted by Crippen LogP contribution is 2.24. The maximum absolute atomic E-state index is 12.4. The number of ether oxygens (including phenoxy) is 2. The number of halogens is 1. The lowest BCUT2D eigenvalue weighted by atomic mass is 10.1. The van der Waals surface area contributed by atoms with Crippen LogP contribution in [0.25, 0.3) is 0 Å². The zero-order chi connectivity index (χ0) is 18.2. The van der Waals surface area contributed by atoms with Crippen LogP contribution in [0.15, 0.2) is 54.6 Å². The molecule has 0 aliphatic rings. The van der Waals surface area contributed by atoms with Gasteiger partial charge in [0.15, 0.2) is 0 Å². The number of hydrogen-bond donors (Lipinski definition) is 0. The molecule has 2 aromatic rings. The first-order valence-corrected chi connectivity index (χ1v) is 8.15. The molecule has 0 radical (unpaired) electrons. The fourth-order valence-corrected chi connectivity index (χ4v) is 2.31. The Labute approximate surface area is 150 Å². The standard InChI is InChI=1S/C19H17ClO5/c1-2-8-16(21)24-19(23)17(13-9-4-3-5-10-13)25-18(22)14-11-6-7-12-15(14)20/h3-7,9-12,17H,2,8H2,1H3. The molecule has 1 unspecified atom stereocenters. The van der Waals surface area contributed by atoms with E-state index in [1.807, 2.05) is 0 Å². The molecule has 0 aromatic heterocycles. The van der Waals surface area contributed by atoms with E-state index in [-0.39, 0.29) is 17.0 Å². The minimum absolute atomic E-state index is 0.103. The maximum Gasteiger partial charge on any atom is 0.359 e. The van der Waals surface area contributed by atoms with Crippen molar-refractivity contribution in [3.8, 4) is 0 Å². The van der Waals surface area contributed by atoms with Crippen molar-refractivity contribution in [3.63, 3.8) is 0 Å². The lowest BCUT2D eigenvalue weighted by molar-refractivity contribution is -0.166. The molecule has 0 fully saturated rings. The van der Waals surface area contributed by atoms with Crippen molar-refractivity contribution in [1.29, 1.82) is 0 Å². The second-order valence-corrected chi connectivity index (χ2v) is 5.63. The Kier molecular flexibility index (Phi) is 6.71. The summed E-state index contributed by atoms with van der Waals surface area (Å²) in [6.07, 6.45) is -0.710. The highest BCUT2D eigenvalue weighted by atomic mass is 35.5. The van der Waals surface area contributed by atoms with Gasteiger partial charge in [-0.3, -0.25) is 4.79 Å². The van der Waals surface area contributed by atoms with Gasteiger partial charge in [0.05, 0.1) is 10.6 Å². The Morgan fingerprint density at radius 1 is 1.00 bits per heavy atom. The lowest BCUT2D eigenvalue weighted by Gasteiger charge is -2.17. The Morgan fingerprint density at radius 3 is 2.28 bits per heavy atom. The molecule has 1 atom stereocenters. The van der Waals surface area contributed by atoms with Gasteiger partial charge in [0.25, 0.3) is 0 Å². The molecule has 0 aliphatic carbocycles. The molecule has 0 saturated carbocycles. The normalized spacial score (nSPS) is 11.4. The number of rotatable bonds is 6. The van der Waals surface area contributed by atoms with Gasteiger partial charge in [0.2, 0.25) is 6.10 Å². The predicted octanol–water partition coefficient (Wildman–Crippen LogP) is 4.11. The van der Waals surface area contributed by atoms with Gasteiger partial charge in [-0.1, -0.05) is 61.0 Å². The molecule has 2 aromatic carbocycles. The summed E-state index contributed by atoms with van der Waals surface area (Å²) in [7, 11) is 0. The quantitative estimate of drug-likeness (QED) is 0.572. The predicted molar refractivity (Wildman–Crippen MR) is 92.1 cm³/mol. The molecule has 0 heterocycles. The fraction of sp³-hybridized carbons (Fsp3) is 0.211. The van der Waals surface area contributed by atoms with Gasteiger partial charge >= 0.3 is 17.9 Å². The minimum atomic E-state index is -1.36. The van der Waals surface area contributed by atoms with Crippen molar-refractivity contribution in [2.75, 3.05) is 0 Å². The van der Waals surface area contributed by atoms with Crippen LogP contribution in [0.2, 0.25) is 5.02 Å². The third-order valence-electron chi connectivity index (χ3n) is 3.30. The number of carbonyl (C=O) groups excluding carboxylic acids is 3. The molecule has 0 bridgehead atoms. The molecular formula is C19H17ClO5. The summed E-state index contributed by atoms with van der Waals surface area (Å²) in [4.78, 5) is 36.3. The molecule has 0 spiro atoms. The summed E-state index contributed by atoms with van der Waals surface area (Å²) in [6.45, 7) is 1.79. The molecule has 0 aliphatic heterocycles. The summed E-state index contributed by atoms with van der Waals surface area (Å²) in [6, 6.07) is 14.7. The molecule has 6 heteroatoms. The largest absolute Gasteiger partial charge is 0.442 e. The highest BCUT2D eigenvalue weighted by Gasteiger charge is 2.29. The number of benzene rings is 2. The second kappa shape index (κ2) is 8.99. The number of hydrogen-bond acceptors (Lipinski definition) is 5. The first-order chi connectivity index (χ1) is 12.0. The summed E-state index contributed by atoms with van der Waals surface area (Å²) in [5.74, 6) is -2.38. The summed E-state index contributed by atoms with van der Waals surface area (Å²) in [5, 5.41) is 0.203. The van der Waals surface area contributed by atoms with Crippen molar-refractivity contribution < 1.29 is 23.9 Å². The van der Waals surface area contributed by atoms with Crippen molar-refractivity contribution in [2.24, 2.45) is 0 Å². The van der Waals surface area contributed by atoms with Crippen LogP contribution in [-0.2, 0) is 19.1 Å². The van der Waals surface area contributed by atoms with Crippen LogP contribution >= 0.6 is 11.6 Å². The SMILES string of the molecule is CCCC(=O)OC(=O)C(OC(=O)c1ccccc1Cl)c1ccccc1. The van der Waals surface area contributed by atoms with E-state index in [4.69, 9.17) is 21.1 Å². The zero-order valence-corrected chi connectivity index (χ0v) is 14.4. The van der Waals surface area contributed by atoms with Crippen LogP contribution < -0.4 is 0 Å². The summed E-state index contributed by atoms with van der Waals surface area (Å²) in [5.41, 5.74) is 0.523. The monoisotopic (exact) mass is 360 g/mol. The zero-order valence-electron chi connectivity index (χ0n) is 13.6. The van der Waals surface area contributed by atoms with Crippen LogP contribution in [0.1, 0.15) is 41.8 Å². The molecule has 0 amide bonds. The van der Waals surface area contributed by atoms with Crippen LogP contribution in [0.3, 0.4) is 0 Å². The van der Waals surface area contributed by atoms with Gasteiger partial charge in [0, 0.05) is 12.0 Å². The first kappa shape index (κ1) is 18.7. The molecule has 2 rings (SSSR count). The van der Waals surface area contributed by atoms with E-state index in [0.29, 0.717) is 12.0 Å². The van der Waals surface area contributed by atoms with Gasteiger partial charge < -0.3 is 9.47 Å². The molecule has 25 heavy (non-hydrogen) atoms. The third-order valence-corrected chi connectivity index (χ3v) is 3.63. The second-order valence-electron chi connectivity index (χ2n) is 5.22. The Hall–Kier alpha value is -2.66. The van der Waals surface area contributed by atoms with Crippen molar-refractivity contribution in [2.45, 2.75) is 25.9 Å². The van der Waals surface area contributed by atoms with Crippen molar-refractivity contribution in [1.82, 2.24) is 0 Å². The lowest BCUT2D eigenvalue weighted by Crippen LogP contribution is -2.24. The maximum atomic E-state index is 12.4. The number of esters is 3. The van der Waals surface area contributed by atoms with E-state index >= 15 is 0 Å². The Bertz CT molecular complexity index is 757. The van der Waals surface area contributed by atoms with Crippen LogP contribution in [0, 0.1) is 0 Å². The summed E-state index contributed by atoms with van der Waals surface area (Å²) >= 11 is 5.98. The first-order valence-electron chi connectivity index (χ1n) is 7.78. The van der Waals surface area contributed by atoms with Crippen LogP contribution in [0.5, 0.6) is 0 Å². The molecule has 5 nitrogen and oxygen atoms in total. The molecule has 130 valence electrons. The van der Waals surface area contributed by atoms with Gasteiger partial charge in [-0.2, -0.15) is 0 Å². The van der Waals surface area contributed by atoms with Gasteiger partial charge in [-0.15, -0.1) is 0 Å². The van der Waals surface area contributed by atoms with E-state index in [0.717, 1.165) is 0 Å².